The molecule has 0 fully saturated rings. The summed E-state index contributed by atoms with van der Waals surface area (Å²) in [5, 5.41) is 12.4. The Morgan fingerprint density at radius 3 is 2.48 bits per heavy atom. The van der Waals surface area contributed by atoms with Gasteiger partial charge in [0.15, 0.2) is 0 Å². The predicted octanol–water partition coefficient (Wildman–Crippen LogP) is 3.25. The fourth-order valence-corrected chi connectivity index (χ4v) is 2.60. The first-order valence-electron chi connectivity index (χ1n) is 6.63. The van der Waals surface area contributed by atoms with Gasteiger partial charge in [0.25, 0.3) is 0 Å². The van der Waals surface area contributed by atoms with E-state index in [-0.39, 0.29) is 12.3 Å². The van der Waals surface area contributed by atoms with Crippen molar-refractivity contribution < 1.29 is 14.7 Å². The largest absolute Gasteiger partial charge is 0.465 e. The van der Waals surface area contributed by atoms with Crippen molar-refractivity contribution in [3.63, 3.8) is 0 Å². The number of nitrogens with zero attached hydrogens (tertiary/aromatic N) is 1. The van der Waals surface area contributed by atoms with Gasteiger partial charge in [-0.05, 0) is 17.7 Å². The number of para-hydroxylation sites is 2. The first-order chi connectivity index (χ1) is 10.2. The molecule has 1 aliphatic rings. The lowest BCUT2D eigenvalue weighted by atomic mass is 10.0. The van der Waals surface area contributed by atoms with E-state index >= 15 is 0 Å². The summed E-state index contributed by atoms with van der Waals surface area (Å²) in [5.74, 6) is -0.194. The van der Waals surface area contributed by atoms with Crippen LogP contribution in [0.5, 0.6) is 0 Å². The number of nitrogens with one attached hydrogen (secondary N) is 1. The van der Waals surface area contributed by atoms with Crippen LogP contribution in [-0.2, 0) is 4.79 Å². The van der Waals surface area contributed by atoms with E-state index in [1.807, 2.05) is 30.3 Å². The van der Waals surface area contributed by atoms with Crippen LogP contribution >= 0.6 is 0 Å². The lowest BCUT2D eigenvalue weighted by Gasteiger charge is -2.27. The van der Waals surface area contributed by atoms with Crippen molar-refractivity contribution in [2.75, 3.05) is 10.2 Å². The number of amides is 2. The average molecular weight is 282 g/mol. The third-order valence-corrected chi connectivity index (χ3v) is 3.52. The molecule has 0 radical (unpaired) electrons. The minimum atomic E-state index is -1.08. The van der Waals surface area contributed by atoms with Crippen LogP contribution in [0, 0.1) is 0 Å². The van der Waals surface area contributed by atoms with Gasteiger partial charge in [-0.2, -0.15) is 0 Å². The average Bonchev–Trinajstić information content (AvgIpc) is 2.63. The zero-order chi connectivity index (χ0) is 14.8. The lowest BCUT2D eigenvalue weighted by molar-refractivity contribution is -0.116. The van der Waals surface area contributed by atoms with Crippen molar-refractivity contribution in [2.24, 2.45) is 0 Å². The molecule has 3 rings (SSSR count). The normalized spacial score (nSPS) is 17.6. The number of fused-ring (bicyclic) bond motifs is 1. The summed E-state index contributed by atoms with van der Waals surface area (Å²) in [4.78, 5) is 25.1. The zero-order valence-corrected chi connectivity index (χ0v) is 11.2. The van der Waals surface area contributed by atoms with Gasteiger partial charge >= 0.3 is 6.09 Å². The van der Waals surface area contributed by atoms with Gasteiger partial charge in [-0.25, -0.2) is 4.79 Å². The Morgan fingerprint density at radius 1 is 1.10 bits per heavy atom. The standard InChI is InChI=1S/C16H14N2O3/c19-15-10-14(11-6-2-1-3-7-11)18(16(20)21)13-9-5-4-8-12(13)17-15/h1-9,14H,10H2,(H,17,19)(H,20,21). The van der Waals surface area contributed by atoms with E-state index in [1.54, 1.807) is 24.3 Å². The van der Waals surface area contributed by atoms with Crippen LogP contribution < -0.4 is 10.2 Å². The lowest BCUT2D eigenvalue weighted by Crippen LogP contribution is -2.33. The Labute approximate surface area is 121 Å². The molecule has 0 bridgehead atoms. The summed E-state index contributed by atoms with van der Waals surface area (Å²) < 4.78 is 0. The first-order valence-corrected chi connectivity index (χ1v) is 6.63. The molecular weight excluding hydrogens is 268 g/mol. The second kappa shape index (κ2) is 5.28. The number of carbonyl (C=O) groups excluding carboxylic acids is 1. The van der Waals surface area contributed by atoms with Crippen LogP contribution in [0.2, 0.25) is 0 Å². The maximum absolute atomic E-state index is 12.1. The maximum atomic E-state index is 12.1. The zero-order valence-electron chi connectivity index (χ0n) is 11.2. The highest BCUT2D eigenvalue weighted by molar-refractivity contribution is 6.02. The van der Waals surface area contributed by atoms with Gasteiger partial charge in [0.05, 0.1) is 23.8 Å². The minimum Gasteiger partial charge on any atom is -0.465 e. The van der Waals surface area contributed by atoms with Gasteiger partial charge in [0.2, 0.25) is 5.91 Å². The van der Waals surface area contributed by atoms with Gasteiger partial charge in [0.1, 0.15) is 0 Å². The SMILES string of the molecule is O=C1CC(c2ccccc2)N(C(=O)O)c2ccccc2N1. The van der Waals surface area contributed by atoms with Crippen LogP contribution in [0.3, 0.4) is 0 Å². The summed E-state index contributed by atoms with van der Waals surface area (Å²) >= 11 is 0. The molecule has 0 spiro atoms. The molecule has 0 aliphatic carbocycles. The van der Waals surface area contributed by atoms with Gasteiger partial charge in [-0.1, -0.05) is 42.5 Å². The molecule has 2 N–H and O–H groups in total. The smallest absolute Gasteiger partial charge is 0.412 e. The van der Waals surface area contributed by atoms with Crippen molar-refractivity contribution in [3.05, 3.63) is 60.2 Å². The molecule has 21 heavy (non-hydrogen) atoms. The summed E-state index contributed by atoms with van der Waals surface area (Å²) in [6, 6.07) is 15.6. The maximum Gasteiger partial charge on any atom is 0.412 e. The molecule has 106 valence electrons. The number of carbonyl (C=O) groups is 2. The Balaban J connectivity index is 2.15. The number of anilines is 2. The Bertz CT molecular complexity index is 685. The van der Waals surface area contributed by atoms with Crippen molar-refractivity contribution in [3.8, 4) is 0 Å². The van der Waals surface area contributed by atoms with Crippen LogP contribution in [0.25, 0.3) is 0 Å². The van der Waals surface area contributed by atoms with E-state index in [1.165, 1.54) is 4.90 Å². The summed E-state index contributed by atoms with van der Waals surface area (Å²) in [7, 11) is 0. The van der Waals surface area contributed by atoms with Gasteiger partial charge < -0.3 is 10.4 Å². The van der Waals surface area contributed by atoms with E-state index in [0.29, 0.717) is 11.4 Å². The molecule has 1 aliphatic heterocycles. The van der Waals surface area contributed by atoms with Crippen LogP contribution in [0.4, 0.5) is 16.2 Å². The van der Waals surface area contributed by atoms with E-state index in [4.69, 9.17) is 0 Å². The van der Waals surface area contributed by atoms with E-state index in [2.05, 4.69) is 5.32 Å². The molecule has 2 aromatic carbocycles. The molecule has 2 aromatic rings. The highest BCUT2D eigenvalue weighted by Gasteiger charge is 2.33. The summed E-state index contributed by atoms with van der Waals surface area (Å²) in [6.45, 7) is 0. The van der Waals surface area contributed by atoms with E-state index < -0.39 is 12.1 Å². The molecule has 0 saturated carbocycles. The van der Waals surface area contributed by atoms with Crippen LogP contribution in [0.1, 0.15) is 18.0 Å². The number of hydrogen-bond donors (Lipinski definition) is 2. The fourth-order valence-electron chi connectivity index (χ4n) is 2.60. The van der Waals surface area contributed by atoms with Crippen molar-refractivity contribution in [2.45, 2.75) is 12.5 Å². The molecule has 2 amide bonds. The van der Waals surface area contributed by atoms with Gasteiger partial charge in [-0.3, -0.25) is 9.69 Å². The topological polar surface area (TPSA) is 69.6 Å². The first kappa shape index (κ1) is 13.2. The highest BCUT2D eigenvalue weighted by atomic mass is 16.4. The minimum absolute atomic E-state index is 0.0883. The molecule has 5 heteroatoms. The number of hydrogen-bond acceptors (Lipinski definition) is 2. The van der Waals surface area contributed by atoms with Crippen molar-refractivity contribution >= 4 is 23.4 Å². The van der Waals surface area contributed by atoms with Crippen LogP contribution in [0.15, 0.2) is 54.6 Å². The van der Waals surface area contributed by atoms with Gasteiger partial charge in [0, 0.05) is 0 Å². The third-order valence-electron chi connectivity index (χ3n) is 3.52. The molecule has 5 nitrogen and oxygen atoms in total. The molecule has 1 heterocycles. The molecule has 1 atom stereocenters. The predicted molar refractivity (Wildman–Crippen MR) is 79.4 cm³/mol. The number of carboxylic acid groups (broad SMARTS) is 1. The fraction of sp³-hybridized carbons (Fsp3) is 0.125. The number of rotatable bonds is 1. The summed E-state index contributed by atoms with van der Waals surface area (Å²) in [5.41, 5.74) is 1.81. The molecule has 1 unspecified atom stereocenters. The highest BCUT2D eigenvalue weighted by Crippen LogP contribution is 2.37. The molecule has 0 saturated heterocycles. The second-order valence-electron chi connectivity index (χ2n) is 4.85. The molecule has 0 aromatic heterocycles. The Hall–Kier alpha value is -2.82. The van der Waals surface area contributed by atoms with Crippen LogP contribution in [-0.4, -0.2) is 17.1 Å². The van der Waals surface area contributed by atoms with Gasteiger partial charge in [-0.15, -0.1) is 0 Å². The summed E-state index contributed by atoms with van der Waals surface area (Å²) in [6.07, 6.45) is -0.988. The van der Waals surface area contributed by atoms with Crippen molar-refractivity contribution in [1.29, 1.82) is 0 Å². The monoisotopic (exact) mass is 282 g/mol. The van der Waals surface area contributed by atoms with E-state index in [9.17, 15) is 14.7 Å². The molecular formula is C16H14N2O3. The third kappa shape index (κ3) is 2.45. The second-order valence-corrected chi connectivity index (χ2v) is 4.85. The van der Waals surface area contributed by atoms with Crippen molar-refractivity contribution in [1.82, 2.24) is 0 Å². The Morgan fingerprint density at radius 2 is 1.76 bits per heavy atom. The number of benzene rings is 2. The Kier molecular flexibility index (Phi) is 3.31. The quantitative estimate of drug-likeness (QED) is 0.843. The van der Waals surface area contributed by atoms with E-state index in [0.717, 1.165) is 5.56 Å².